The minimum Gasteiger partial charge on any atom is -0.396 e. The van der Waals surface area contributed by atoms with Crippen LogP contribution in [0.3, 0.4) is 0 Å². The van der Waals surface area contributed by atoms with Gasteiger partial charge in [-0.25, -0.2) is 4.98 Å². The Labute approximate surface area is 178 Å². The Bertz CT molecular complexity index is 997. The van der Waals surface area contributed by atoms with Crippen molar-refractivity contribution in [2.24, 2.45) is 0 Å². The number of ether oxygens (including phenoxy) is 1. The van der Waals surface area contributed by atoms with Gasteiger partial charge in [-0.05, 0) is 49.9 Å². The predicted octanol–water partition coefficient (Wildman–Crippen LogP) is 3.86. The van der Waals surface area contributed by atoms with Crippen molar-refractivity contribution in [3.8, 4) is 0 Å². The zero-order valence-electron chi connectivity index (χ0n) is 18.1. The molecule has 3 rings (SSSR count). The number of aliphatic hydroxyl groups is 1. The summed E-state index contributed by atoms with van der Waals surface area (Å²) >= 11 is 0. The molecule has 0 aliphatic heterocycles. The molecule has 0 radical (unpaired) electrons. The van der Waals surface area contributed by atoms with E-state index in [-0.39, 0.29) is 25.8 Å². The maximum absolute atomic E-state index is 13.6. The minimum absolute atomic E-state index is 0.0409. The van der Waals surface area contributed by atoms with Gasteiger partial charge in [-0.15, -0.1) is 0 Å². The van der Waals surface area contributed by atoms with Gasteiger partial charge < -0.3 is 14.4 Å². The molecule has 0 spiro atoms. The summed E-state index contributed by atoms with van der Waals surface area (Å²) in [6.07, 6.45) is 2.06. The summed E-state index contributed by atoms with van der Waals surface area (Å²) in [4.78, 5) is 20.0. The largest absolute Gasteiger partial charge is 0.396 e. The molecule has 1 aromatic heterocycles. The number of anilines is 1. The van der Waals surface area contributed by atoms with Gasteiger partial charge in [0.2, 0.25) is 5.91 Å². The van der Waals surface area contributed by atoms with Gasteiger partial charge >= 0.3 is 0 Å². The van der Waals surface area contributed by atoms with Crippen LogP contribution in [-0.4, -0.2) is 40.5 Å². The van der Waals surface area contributed by atoms with Crippen molar-refractivity contribution in [3.05, 3.63) is 59.4 Å². The normalized spacial score (nSPS) is 11.2. The van der Waals surface area contributed by atoms with Gasteiger partial charge in [0.05, 0.1) is 16.7 Å². The number of aromatic nitrogens is 2. The molecule has 0 unspecified atom stereocenters. The standard InChI is InChI=1S/C24H31N3O3/c1-4-19-11-8-10-18(3)24(19)27(17-30-5-2)23(29)16-26-21-13-7-6-12-20(21)25-22(26)14-9-15-28/h6-8,10-13,28H,4-5,9,14-17H2,1-3H3. The Balaban J connectivity index is 1.99. The molecular weight excluding hydrogens is 378 g/mol. The second-order valence-electron chi connectivity index (χ2n) is 7.31. The Kier molecular flexibility index (Phi) is 7.60. The molecule has 1 N–H and O–H groups in total. The zero-order valence-corrected chi connectivity index (χ0v) is 18.1. The van der Waals surface area contributed by atoms with Crippen molar-refractivity contribution in [2.45, 2.75) is 46.6 Å². The maximum Gasteiger partial charge on any atom is 0.248 e. The first-order chi connectivity index (χ1) is 14.6. The summed E-state index contributed by atoms with van der Waals surface area (Å²) in [5, 5.41) is 9.27. The van der Waals surface area contributed by atoms with Crippen LogP contribution in [0.2, 0.25) is 0 Å². The van der Waals surface area contributed by atoms with Crippen LogP contribution >= 0.6 is 0 Å². The van der Waals surface area contributed by atoms with Crippen LogP contribution in [0.5, 0.6) is 0 Å². The quantitative estimate of drug-likeness (QED) is 0.517. The molecule has 0 atom stereocenters. The fraction of sp³-hybridized carbons (Fsp3) is 0.417. The number of rotatable bonds is 10. The third-order valence-corrected chi connectivity index (χ3v) is 5.28. The second kappa shape index (κ2) is 10.4. The molecule has 0 bridgehead atoms. The van der Waals surface area contributed by atoms with E-state index in [0.717, 1.165) is 40.1 Å². The van der Waals surface area contributed by atoms with Crippen molar-refractivity contribution < 1.29 is 14.6 Å². The van der Waals surface area contributed by atoms with E-state index in [1.165, 1.54) is 0 Å². The SMILES string of the molecule is CCOCN(C(=O)Cn1c(CCCO)nc2ccccc21)c1c(C)cccc1CC. The monoisotopic (exact) mass is 409 g/mol. The molecule has 0 fully saturated rings. The first-order valence-corrected chi connectivity index (χ1v) is 10.6. The number of carbonyl (C=O) groups excluding carboxylic acids is 1. The Morgan fingerprint density at radius 2 is 1.97 bits per heavy atom. The Morgan fingerprint density at radius 3 is 2.70 bits per heavy atom. The molecular formula is C24H31N3O3. The summed E-state index contributed by atoms with van der Waals surface area (Å²) in [5.41, 5.74) is 4.90. The summed E-state index contributed by atoms with van der Waals surface area (Å²) in [5.74, 6) is 0.774. The molecule has 2 aromatic carbocycles. The highest BCUT2D eigenvalue weighted by Crippen LogP contribution is 2.27. The van der Waals surface area contributed by atoms with Gasteiger partial charge in [0.1, 0.15) is 19.1 Å². The molecule has 6 heteroatoms. The van der Waals surface area contributed by atoms with Gasteiger partial charge in [0.15, 0.2) is 0 Å². The summed E-state index contributed by atoms with van der Waals surface area (Å²) < 4.78 is 7.64. The number of aliphatic hydroxyl groups excluding tert-OH is 1. The fourth-order valence-corrected chi connectivity index (χ4v) is 3.79. The van der Waals surface area contributed by atoms with Gasteiger partial charge in [-0.1, -0.05) is 37.3 Å². The smallest absolute Gasteiger partial charge is 0.248 e. The van der Waals surface area contributed by atoms with Gasteiger partial charge in [0.25, 0.3) is 0 Å². The van der Waals surface area contributed by atoms with E-state index < -0.39 is 0 Å². The second-order valence-corrected chi connectivity index (χ2v) is 7.31. The third kappa shape index (κ3) is 4.71. The van der Waals surface area contributed by atoms with Crippen LogP contribution < -0.4 is 4.90 Å². The van der Waals surface area contributed by atoms with Crippen LogP contribution in [0.25, 0.3) is 11.0 Å². The maximum atomic E-state index is 13.6. The predicted molar refractivity (Wildman–Crippen MR) is 120 cm³/mol. The Hall–Kier alpha value is -2.70. The van der Waals surface area contributed by atoms with Crippen LogP contribution in [-0.2, 0) is 28.9 Å². The summed E-state index contributed by atoms with van der Waals surface area (Å²) in [6, 6.07) is 13.9. The summed E-state index contributed by atoms with van der Waals surface area (Å²) in [6.45, 7) is 7.07. The van der Waals surface area contributed by atoms with Crippen LogP contribution in [0, 0.1) is 6.92 Å². The van der Waals surface area contributed by atoms with E-state index in [2.05, 4.69) is 13.0 Å². The number of aryl methyl sites for hydroxylation is 3. The minimum atomic E-state index is -0.0409. The van der Waals surface area contributed by atoms with E-state index in [0.29, 0.717) is 19.4 Å². The number of hydrogen-bond donors (Lipinski definition) is 1. The number of carbonyl (C=O) groups is 1. The summed E-state index contributed by atoms with van der Waals surface area (Å²) in [7, 11) is 0. The number of nitrogens with zero attached hydrogens (tertiary/aromatic N) is 3. The first-order valence-electron chi connectivity index (χ1n) is 10.6. The molecule has 1 heterocycles. The molecule has 0 aliphatic carbocycles. The van der Waals surface area contributed by atoms with E-state index >= 15 is 0 Å². The lowest BCUT2D eigenvalue weighted by molar-refractivity contribution is -0.120. The number of hydrogen-bond acceptors (Lipinski definition) is 4. The topological polar surface area (TPSA) is 67.6 Å². The number of amides is 1. The van der Waals surface area contributed by atoms with Crippen LogP contribution in [0.4, 0.5) is 5.69 Å². The highest BCUT2D eigenvalue weighted by atomic mass is 16.5. The highest BCUT2D eigenvalue weighted by molar-refractivity contribution is 5.95. The van der Waals surface area contributed by atoms with Crippen molar-refractivity contribution >= 4 is 22.6 Å². The highest BCUT2D eigenvalue weighted by Gasteiger charge is 2.22. The van der Waals surface area contributed by atoms with E-state index in [9.17, 15) is 9.90 Å². The van der Waals surface area contributed by atoms with Gasteiger partial charge in [-0.2, -0.15) is 0 Å². The molecule has 0 saturated heterocycles. The van der Waals surface area contributed by atoms with Crippen molar-refractivity contribution in [3.63, 3.8) is 0 Å². The first kappa shape index (κ1) is 22.0. The molecule has 6 nitrogen and oxygen atoms in total. The average molecular weight is 410 g/mol. The van der Waals surface area contributed by atoms with E-state index in [1.807, 2.05) is 54.8 Å². The van der Waals surface area contributed by atoms with Gasteiger partial charge in [0, 0.05) is 19.6 Å². The molecule has 3 aromatic rings. The molecule has 160 valence electrons. The van der Waals surface area contributed by atoms with E-state index in [4.69, 9.17) is 9.72 Å². The molecule has 30 heavy (non-hydrogen) atoms. The van der Waals surface area contributed by atoms with Crippen LogP contribution in [0.1, 0.15) is 37.2 Å². The Morgan fingerprint density at radius 1 is 1.17 bits per heavy atom. The average Bonchev–Trinajstić information content (AvgIpc) is 3.10. The molecule has 0 aliphatic rings. The number of fused-ring (bicyclic) bond motifs is 1. The zero-order chi connectivity index (χ0) is 21.5. The van der Waals surface area contributed by atoms with Crippen molar-refractivity contribution in [1.82, 2.24) is 9.55 Å². The van der Waals surface area contributed by atoms with Crippen molar-refractivity contribution in [2.75, 3.05) is 24.8 Å². The van der Waals surface area contributed by atoms with Crippen LogP contribution in [0.15, 0.2) is 42.5 Å². The lowest BCUT2D eigenvalue weighted by atomic mass is 10.0. The lowest BCUT2D eigenvalue weighted by Crippen LogP contribution is -2.37. The fourth-order valence-electron chi connectivity index (χ4n) is 3.79. The number of para-hydroxylation sites is 3. The number of benzene rings is 2. The third-order valence-electron chi connectivity index (χ3n) is 5.28. The lowest BCUT2D eigenvalue weighted by Gasteiger charge is -2.27. The van der Waals surface area contributed by atoms with E-state index in [1.54, 1.807) is 4.90 Å². The molecule has 0 saturated carbocycles. The number of imidazole rings is 1. The van der Waals surface area contributed by atoms with Crippen molar-refractivity contribution in [1.29, 1.82) is 0 Å². The van der Waals surface area contributed by atoms with Gasteiger partial charge in [-0.3, -0.25) is 9.69 Å². The molecule has 1 amide bonds.